The van der Waals surface area contributed by atoms with Gasteiger partial charge in [0.25, 0.3) is 0 Å². The third-order valence-corrected chi connectivity index (χ3v) is 5.04. The van der Waals surface area contributed by atoms with Crippen LogP contribution in [0.1, 0.15) is 33.3 Å². The Labute approximate surface area is 169 Å². The molecule has 0 aliphatic carbocycles. The maximum atomic E-state index is 11.2. The average Bonchev–Trinajstić information content (AvgIpc) is 3.08. The predicted molar refractivity (Wildman–Crippen MR) is 117 cm³/mol. The first-order chi connectivity index (χ1) is 13.3. The number of amides is 1. The number of aromatic nitrogens is 1. The van der Waals surface area contributed by atoms with Crippen LogP contribution in [0.3, 0.4) is 0 Å². The van der Waals surface area contributed by atoms with Gasteiger partial charge in [0.05, 0.1) is 12.8 Å². The van der Waals surface area contributed by atoms with Gasteiger partial charge in [0.15, 0.2) is 5.13 Å². The van der Waals surface area contributed by atoms with E-state index >= 15 is 0 Å². The highest BCUT2D eigenvalue weighted by Gasteiger charge is 2.18. The molecule has 2 N–H and O–H groups in total. The Hall–Kier alpha value is -2.86. The van der Waals surface area contributed by atoms with Gasteiger partial charge in [-0.3, -0.25) is 4.79 Å². The lowest BCUT2D eigenvalue weighted by molar-refractivity contribution is -0.114. The number of thiazole rings is 1. The van der Waals surface area contributed by atoms with Gasteiger partial charge in [-0.25, -0.2) is 4.98 Å². The lowest BCUT2D eigenvalue weighted by Gasteiger charge is -2.20. The van der Waals surface area contributed by atoms with Crippen molar-refractivity contribution in [2.45, 2.75) is 33.1 Å². The van der Waals surface area contributed by atoms with Crippen LogP contribution >= 0.6 is 11.3 Å². The van der Waals surface area contributed by atoms with Gasteiger partial charge in [0.1, 0.15) is 5.75 Å². The van der Waals surface area contributed by atoms with Gasteiger partial charge in [0, 0.05) is 29.2 Å². The third kappa shape index (κ3) is 4.70. The molecule has 6 heteroatoms. The maximum absolute atomic E-state index is 11.2. The predicted octanol–water partition coefficient (Wildman–Crippen LogP) is 5.82. The molecule has 0 atom stereocenters. The lowest BCUT2D eigenvalue weighted by Crippen LogP contribution is -2.11. The maximum Gasteiger partial charge on any atom is 0.221 e. The Morgan fingerprint density at radius 3 is 2.54 bits per heavy atom. The van der Waals surface area contributed by atoms with Crippen molar-refractivity contribution in [1.29, 1.82) is 0 Å². The number of methoxy groups -OCH3 is 1. The number of rotatable bonds is 5. The van der Waals surface area contributed by atoms with Gasteiger partial charge in [-0.2, -0.15) is 0 Å². The number of carbonyl (C=O) groups excluding carboxylic acids is 1. The molecule has 0 spiro atoms. The van der Waals surface area contributed by atoms with Crippen molar-refractivity contribution in [2.24, 2.45) is 0 Å². The summed E-state index contributed by atoms with van der Waals surface area (Å²) in [5.74, 6) is 0.706. The monoisotopic (exact) mass is 395 g/mol. The van der Waals surface area contributed by atoms with E-state index in [1.54, 1.807) is 7.11 Å². The summed E-state index contributed by atoms with van der Waals surface area (Å²) in [4.78, 5) is 16.0. The third-order valence-electron chi connectivity index (χ3n) is 4.28. The minimum Gasteiger partial charge on any atom is -0.496 e. The van der Waals surface area contributed by atoms with E-state index in [2.05, 4.69) is 43.5 Å². The summed E-state index contributed by atoms with van der Waals surface area (Å²) in [6.45, 7) is 8.06. The van der Waals surface area contributed by atoms with E-state index in [-0.39, 0.29) is 11.3 Å². The van der Waals surface area contributed by atoms with Gasteiger partial charge in [-0.15, -0.1) is 11.3 Å². The fourth-order valence-corrected chi connectivity index (χ4v) is 3.56. The van der Waals surface area contributed by atoms with Crippen LogP contribution in [-0.2, 0) is 10.2 Å². The Kier molecular flexibility index (Phi) is 5.70. The fourth-order valence-electron chi connectivity index (χ4n) is 2.83. The summed E-state index contributed by atoms with van der Waals surface area (Å²) >= 11 is 1.53. The molecule has 3 aromatic rings. The Morgan fingerprint density at radius 2 is 1.86 bits per heavy atom. The number of carbonyl (C=O) groups is 1. The van der Waals surface area contributed by atoms with E-state index in [0.29, 0.717) is 0 Å². The standard InChI is InChI=1S/C22H25N3O2S/c1-14(26)23-16-7-6-8-17(12-16)24-21-25-19(13-28-21)18-11-15(22(2,3)4)9-10-20(18)27-5/h6-13H,1-5H3,(H,23,26)(H,24,25). The quantitative estimate of drug-likeness (QED) is 0.571. The van der Waals surface area contributed by atoms with E-state index in [9.17, 15) is 4.79 Å². The molecule has 0 fully saturated rings. The molecule has 1 heterocycles. The minimum atomic E-state index is -0.0977. The highest BCUT2D eigenvalue weighted by atomic mass is 32.1. The fraction of sp³-hybridized carbons (Fsp3) is 0.273. The van der Waals surface area contributed by atoms with Crippen LogP contribution in [0.2, 0.25) is 0 Å². The molecule has 1 aromatic heterocycles. The molecule has 0 saturated heterocycles. The largest absolute Gasteiger partial charge is 0.496 e. The van der Waals surface area contributed by atoms with E-state index in [1.807, 2.05) is 35.7 Å². The Morgan fingerprint density at radius 1 is 1.11 bits per heavy atom. The summed E-state index contributed by atoms with van der Waals surface area (Å²) in [5, 5.41) is 8.88. The molecule has 0 saturated carbocycles. The van der Waals surface area contributed by atoms with Crippen molar-refractivity contribution in [3.8, 4) is 17.0 Å². The first-order valence-corrected chi connectivity index (χ1v) is 9.93. The van der Waals surface area contributed by atoms with Crippen LogP contribution < -0.4 is 15.4 Å². The normalized spacial score (nSPS) is 11.2. The van der Waals surface area contributed by atoms with Crippen molar-refractivity contribution in [1.82, 2.24) is 4.98 Å². The van der Waals surface area contributed by atoms with Crippen molar-refractivity contribution < 1.29 is 9.53 Å². The lowest BCUT2D eigenvalue weighted by atomic mass is 9.86. The SMILES string of the molecule is COc1ccc(C(C)(C)C)cc1-c1csc(Nc2cccc(NC(C)=O)c2)n1. The van der Waals surface area contributed by atoms with Gasteiger partial charge >= 0.3 is 0 Å². The van der Waals surface area contributed by atoms with E-state index in [0.717, 1.165) is 33.5 Å². The second kappa shape index (κ2) is 8.02. The summed E-state index contributed by atoms with van der Waals surface area (Å²) in [6.07, 6.45) is 0. The molecule has 0 aliphatic heterocycles. The van der Waals surface area contributed by atoms with Gasteiger partial charge in [-0.05, 0) is 41.3 Å². The number of hydrogen-bond acceptors (Lipinski definition) is 5. The molecule has 0 unspecified atom stereocenters. The molecule has 146 valence electrons. The molecule has 5 nitrogen and oxygen atoms in total. The van der Waals surface area contributed by atoms with Gasteiger partial charge in [0.2, 0.25) is 5.91 Å². The molecule has 0 radical (unpaired) electrons. The minimum absolute atomic E-state index is 0.0439. The van der Waals surface area contributed by atoms with E-state index < -0.39 is 0 Å². The molecular weight excluding hydrogens is 370 g/mol. The summed E-state index contributed by atoms with van der Waals surface area (Å²) in [7, 11) is 1.68. The molecular formula is C22H25N3O2S. The Balaban J connectivity index is 1.87. The molecule has 28 heavy (non-hydrogen) atoms. The van der Waals surface area contributed by atoms with E-state index in [1.165, 1.54) is 23.8 Å². The van der Waals surface area contributed by atoms with Crippen molar-refractivity contribution >= 4 is 33.8 Å². The topological polar surface area (TPSA) is 63.2 Å². The van der Waals surface area contributed by atoms with Crippen LogP contribution in [0.5, 0.6) is 5.75 Å². The summed E-state index contributed by atoms with van der Waals surface area (Å²) in [5.41, 5.74) is 4.73. The van der Waals surface area contributed by atoms with Crippen molar-refractivity contribution in [2.75, 3.05) is 17.7 Å². The highest BCUT2D eigenvalue weighted by Crippen LogP contribution is 2.36. The van der Waals surface area contributed by atoms with Gasteiger partial charge < -0.3 is 15.4 Å². The van der Waals surface area contributed by atoms with Crippen LogP contribution in [0.15, 0.2) is 47.8 Å². The number of nitrogens with one attached hydrogen (secondary N) is 2. The highest BCUT2D eigenvalue weighted by molar-refractivity contribution is 7.14. The van der Waals surface area contributed by atoms with Crippen LogP contribution in [0, 0.1) is 0 Å². The van der Waals surface area contributed by atoms with Crippen LogP contribution in [-0.4, -0.2) is 18.0 Å². The Bertz CT molecular complexity index is 989. The number of benzene rings is 2. The average molecular weight is 396 g/mol. The summed E-state index contributed by atoms with van der Waals surface area (Å²) < 4.78 is 5.55. The second-order valence-electron chi connectivity index (χ2n) is 7.59. The summed E-state index contributed by atoms with van der Waals surface area (Å²) in [6, 6.07) is 13.8. The van der Waals surface area contributed by atoms with Crippen LogP contribution in [0.25, 0.3) is 11.3 Å². The van der Waals surface area contributed by atoms with Crippen molar-refractivity contribution in [3.63, 3.8) is 0 Å². The van der Waals surface area contributed by atoms with E-state index in [4.69, 9.17) is 9.72 Å². The number of ether oxygens (including phenoxy) is 1. The second-order valence-corrected chi connectivity index (χ2v) is 8.45. The molecule has 0 aliphatic rings. The first kappa shape index (κ1) is 19.9. The first-order valence-electron chi connectivity index (χ1n) is 9.05. The van der Waals surface area contributed by atoms with Crippen molar-refractivity contribution in [3.05, 3.63) is 53.4 Å². The molecule has 3 rings (SSSR count). The number of hydrogen-bond donors (Lipinski definition) is 2. The van der Waals surface area contributed by atoms with Gasteiger partial charge in [-0.1, -0.05) is 32.9 Å². The zero-order valence-corrected chi connectivity index (χ0v) is 17.6. The molecule has 1 amide bonds. The zero-order chi connectivity index (χ0) is 20.3. The molecule has 0 bridgehead atoms. The zero-order valence-electron chi connectivity index (χ0n) is 16.8. The van der Waals surface area contributed by atoms with Crippen LogP contribution in [0.4, 0.5) is 16.5 Å². The number of nitrogens with zero attached hydrogens (tertiary/aromatic N) is 1. The number of anilines is 3. The molecule has 2 aromatic carbocycles. The smallest absolute Gasteiger partial charge is 0.221 e.